The minimum atomic E-state index is -1.13. The number of ketones is 1. The van der Waals surface area contributed by atoms with Crippen molar-refractivity contribution in [2.45, 2.75) is 5.92 Å². The predicted octanol–water partition coefficient (Wildman–Crippen LogP) is 4.73. The Morgan fingerprint density at radius 3 is 2.60 bits per heavy atom. The molecule has 1 atom stereocenters. The molecule has 1 unspecified atom stereocenters. The number of nitriles is 1. The van der Waals surface area contributed by atoms with Crippen molar-refractivity contribution in [1.29, 1.82) is 5.26 Å². The van der Waals surface area contributed by atoms with Crippen LogP contribution in [0.4, 0.5) is 4.39 Å². The maximum atomic E-state index is 14.0. The predicted molar refractivity (Wildman–Crippen MR) is 78.2 cm³/mol. The average molecular weight is 353 g/mol. The number of benzene rings is 2. The van der Waals surface area contributed by atoms with E-state index in [0.717, 1.165) is 0 Å². The van der Waals surface area contributed by atoms with Gasteiger partial charge in [-0.15, -0.1) is 0 Å². The number of nitrogens with zero attached hydrogens (tertiary/aromatic N) is 1. The molecular weight excluding hydrogens is 345 g/mol. The highest BCUT2D eigenvalue weighted by molar-refractivity contribution is 9.10. The van der Waals surface area contributed by atoms with Gasteiger partial charge in [0, 0.05) is 5.02 Å². The number of hydrogen-bond donors (Lipinski definition) is 0. The lowest BCUT2D eigenvalue weighted by atomic mass is 9.91. The van der Waals surface area contributed by atoms with E-state index in [0.29, 0.717) is 10.6 Å². The number of rotatable bonds is 3. The molecule has 0 spiro atoms. The summed E-state index contributed by atoms with van der Waals surface area (Å²) in [6.07, 6.45) is 0. The van der Waals surface area contributed by atoms with Crippen LogP contribution in [0.2, 0.25) is 5.02 Å². The summed E-state index contributed by atoms with van der Waals surface area (Å²) < 4.78 is 14.1. The van der Waals surface area contributed by atoms with Crippen LogP contribution >= 0.6 is 27.5 Å². The minimum Gasteiger partial charge on any atom is -0.292 e. The van der Waals surface area contributed by atoms with Crippen molar-refractivity contribution in [1.82, 2.24) is 0 Å². The summed E-state index contributed by atoms with van der Waals surface area (Å²) in [6, 6.07) is 12.8. The third-order valence-electron chi connectivity index (χ3n) is 2.82. The molecule has 0 aliphatic carbocycles. The van der Waals surface area contributed by atoms with E-state index in [4.69, 9.17) is 11.6 Å². The van der Waals surface area contributed by atoms with Gasteiger partial charge in [0.15, 0.2) is 5.78 Å². The molecule has 0 fully saturated rings. The van der Waals surface area contributed by atoms with Gasteiger partial charge in [0.2, 0.25) is 0 Å². The van der Waals surface area contributed by atoms with Gasteiger partial charge >= 0.3 is 0 Å². The van der Waals surface area contributed by atoms with Crippen LogP contribution < -0.4 is 0 Å². The van der Waals surface area contributed by atoms with Crippen molar-refractivity contribution >= 4 is 33.3 Å². The van der Waals surface area contributed by atoms with Gasteiger partial charge in [-0.3, -0.25) is 4.79 Å². The van der Waals surface area contributed by atoms with Gasteiger partial charge in [0.05, 0.1) is 16.1 Å². The molecular formula is C15H8BrClFNO. The van der Waals surface area contributed by atoms with Gasteiger partial charge in [0.25, 0.3) is 0 Å². The topological polar surface area (TPSA) is 40.9 Å². The van der Waals surface area contributed by atoms with Crippen molar-refractivity contribution in [3.8, 4) is 6.07 Å². The first-order valence-corrected chi connectivity index (χ1v) is 6.85. The Balaban J connectivity index is 2.49. The van der Waals surface area contributed by atoms with Crippen LogP contribution in [0.25, 0.3) is 0 Å². The van der Waals surface area contributed by atoms with E-state index in [1.165, 1.54) is 12.1 Å². The number of hydrogen-bond acceptors (Lipinski definition) is 2. The van der Waals surface area contributed by atoms with E-state index in [1.807, 2.05) is 6.07 Å². The summed E-state index contributed by atoms with van der Waals surface area (Å²) in [4.78, 5) is 12.4. The Labute approximate surface area is 128 Å². The third-order valence-corrected chi connectivity index (χ3v) is 3.78. The van der Waals surface area contributed by atoms with E-state index in [9.17, 15) is 14.4 Å². The van der Waals surface area contributed by atoms with Gasteiger partial charge in [-0.1, -0.05) is 35.9 Å². The van der Waals surface area contributed by atoms with Gasteiger partial charge in [-0.25, -0.2) is 4.39 Å². The van der Waals surface area contributed by atoms with Crippen molar-refractivity contribution in [3.05, 3.63) is 68.9 Å². The third kappa shape index (κ3) is 2.74. The zero-order valence-corrected chi connectivity index (χ0v) is 12.5. The maximum Gasteiger partial charge on any atom is 0.187 e. The summed E-state index contributed by atoms with van der Waals surface area (Å²) in [5.74, 6) is -2.42. The summed E-state index contributed by atoms with van der Waals surface area (Å²) in [5, 5.41) is 9.54. The summed E-state index contributed by atoms with van der Waals surface area (Å²) in [5.41, 5.74) is 0.242. The Kier molecular flexibility index (Phi) is 4.53. The highest BCUT2D eigenvalue weighted by Gasteiger charge is 2.26. The molecule has 0 heterocycles. The molecule has 100 valence electrons. The average Bonchev–Trinajstić information content (AvgIpc) is 2.44. The molecule has 0 aliphatic rings. The largest absolute Gasteiger partial charge is 0.292 e. The van der Waals surface area contributed by atoms with Gasteiger partial charge < -0.3 is 0 Å². The summed E-state index contributed by atoms with van der Waals surface area (Å²) >= 11 is 9.01. The Bertz CT molecular complexity index is 711. The fraction of sp³-hybridized carbons (Fsp3) is 0.0667. The number of Topliss-reactive ketones (excluding diaryl/α,β-unsaturated/α-hetero) is 1. The monoisotopic (exact) mass is 351 g/mol. The SMILES string of the molecule is N#CC(C(=O)c1cccc(Br)c1F)c1ccccc1Cl. The van der Waals surface area contributed by atoms with Crippen LogP contribution in [0.3, 0.4) is 0 Å². The van der Waals surface area contributed by atoms with Crippen molar-refractivity contribution in [2.75, 3.05) is 0 Å². The fourth-order valence-electron chi connectivity index (χ4n) is 1.83. The van der Waals surface area contributed by atoms with Crippen molar-refractivity contribution in [3.63, 3.8) is 0 Å². The standard InChI is InChI=1S/C15H8BrClFNO/c16-12-6-3-5-10(14(12)18)15(20)11(8-19)9-4-1-2-7-13(9)17/h1-7,11H. The van der Waals surface area contributed by atoms with Crippen molar-refractivity contribution < 1.29 is 9.18 Å². The minimum absolute atomic E-state index is 0.133. The zero-order valence-electron chi connectivity index (χ0n) is 10.1. The van der Waals surface area contributed by atoms with E-state index in [1.54, 1.807) is 30.3 Å². The highest BCUT2D eigenvalue weighted by atomic mass is 79.9. The summed E-state index contributed by atoms with van der Waals surface area (Å²) in [7, 11) is 0. The number of halogens is 3. The second-order valence-electron chi connectivity index (χ2n) is 4.05. The van der Waals surface area contributed by atoms with E-state index in [-0.39, 0.29) is 10.0 Å². The Hall–Kier alpha value is -1.70. The maximum absolute atomic E-state index is 14.0. The van der Waals surface area contributed by atoms with Gasteiger partial charge in [-0.2, -0.15) is 5.26 Å². The zero-order chi connectivity index (χ0) is 14.7. The van der Waals surface area contributed by atoms with Gasteiger partial charge in [0.1, 0.15) is 11.7 Å². The van der Waals surface area contributed by atoms with E-state index < -0.39 is 17.5 Å². The normalized spacial score (nSPS) is 11.7. The lowest BCUT2D eigenvalue weighted by Crippen LogP contribution is -2.13. The molecule has 0 aromatic heterocycles. The molecule has 0 radical (unpaired) electrons. The molecule has 2 rings (SSSR count). The van der Waals surface area contributed by atoms with Crippen LogP contribution in [-0.4, -0.2) is 5.78 Å². The molecule has 2 aromatic rings. The van der Waals surface area contributed by atoms with Crippen LogP contribution in [0.15, 0.2) is 46.9 Å². The molecule has 0 saturated heterocycles. The van der Waals surface area contributed by atoms with Crippen molar-refractivity contribution in [2.24, 2.45) is 0 Å². The van der Waals surface area contributed by atoms with E-state index in [2.05, 4.69) is 15.9 Å². The first kappa shape index (κ1) is 14.7. The molecule has 0 saturated carbocycles. The number of carbonyl (C=O) groups is 1. The molecule has 0 N–H and O–H groups in total. The highest BCUT2D eigenvalue weighted by Crippen LogP contribution is 2.29. The van der Waals surface area contributed by atoms with Crippen LogP contribution in [0, 0.1) is 17.1 Å². The first-order valence-electron chi connectivity index (χ1n) is 5.68. The lowest BCUT2D eigenvalue weighted by molar-refractivity contribution is 0.0975. The molecule has 0 bridgehead atoms. The van der Waals surface area contributed by atoms with Gasteiger partial charge in [-0.05, 0) is 39.7 Å². The van der Waals surface area contributed by atoms with Crippen LogP contribution in [0.5, 0.6) is 0 Å². The molecule has 0 amide bonds. The molecule has 0 aliphatic heterocycles. The molecule has 2 nitrogen and oxygen atoms in total. The lowest BCUT2D eigenvalue weighted by Gasteiger charge is -2.11. The Morgan fingerprint density at radius 2 is 1.95 bits per heavy atom. The number of carbonyl (C=O) groups excluding carboxylic acids is 1. The quantitative estimate of drug-likeness (QED) is 0.749. The molecule has 5 heteroatoms. The first-order chi connectivity index (χ1) is 9.56. The molecule has 20 heavy (non-hydrogen) atoms. The smallest absolute Gasteiger partial charge is 0.187 e. The Morgan fingerprint density at radius 1 is 1.25 bits per heavy atom. The van der Waals surface area contributed by atoms with E-state index >= 15 is 0 Å². The van der Waals surface area contributed by atoms with Crippen LogP contribution in [0.1, 0.15) is 21.8 Å². The molecule has 2 aromatic carbocycles. The fourth-order valence-corrected chi connectivity index (χ4v) is 2.44. The van der Waals surface area contributed by atoms with Crippen LogP contribution in [-0.2, 0) is 0 Å². The summed E-state index contributed by atoms with van der Waals surface area (Å²) in [6.45, 7) is 0. The second-order valence-corrected chi connectivity index (χ2v) is 5.31. The second kappa shape index (κ2) is 6.17.